The number of rotatable bonds is 5. The lowest BCUT2D eigenvalue weighted by molar-refractivity contribution is -0.0168. The van der Waals surface area contributed by atoms with Gasteiger partial charge in [0.25, 0.3) is 0 Å². The molecular formula is C13H18ClNO2S. The molecular weight excluding hydrogens is 270 g/mol. The monoisotopic (exact) mass is 287 g/mol. The first kappa shape index (κ1) is 14.0. The van der Waals surface area contributed by atoms with Gasteiger partial charge in [0.15, 0.2) is 6.79 Å². The van der Waals surface area contributed by atoms with Crippen molar-refractivity contribution in [2.24, 2.45) is 5.73 Å². The van der Waals surface area contributed by atoms with Gasteiger partial charge in [0.05, 0.1) is 6.61 Å². The van der Waals surface area contributed by atoms with E-state index in [9.17, 15) is 0 Å². The zero-order valence-electron chi connectivity index (χ0n) is 10.4. The van der Waals surface area contributed by atoms with E-state index < -0.39 is 0 Å². The van der Waals surface area contributed by atoms with Crippen LogP contribution in [0.25, 0.3) is 0 Å². The Morgan fingerprint density at radius 1 is 1.50 bits per heavy atom. The van der Waals surface area contributed by atoms with Crippen molar-refractivity contribution >= 4 is 23.4 Å². The SMILES string of the molecule is CC(N)CCSCc1cc(Cl)cc2c1OCOC2. The number of hydrogen-bond acceptors (Lipinski definition) is 4. The summed E-state index contributed by atoms with van der Waals surface area (Å²) >= 11 is 7.96. The van der Waals surface area contributed by atoms with Crippen molar-refractivity contribution in [2.45, 2.75) is 31.7 Å². The minimum Gasteiger partial charge on any atom is -0.467 e. The lowest BCUT2D eigenvalue weighted by Gasteiger charge is -2.21. The van der Waals surface area contributed by atoms with E-state index in [1.54, 1.807) is 0 Å². The Morgan fingerprint density at radius 2 is 2.33 bits per heavy atom. The van der Waals surface area contributed by atoms with Crippen molar-refractivity contribution < 1.29 is 9.47 Å². The quantitative estimate of drug-likeness (QED) is 0.845. The summed E-state index contributed by atoms with van der Waals surface area (Å²) in [5.41, 5.74) is 7.92. The van der Waals surface area contributed by atoms with Crippen LogP contribution in [0.3, 0.4) is 0 Å². The van der Waals surface area contributed by atoms with Crippen LogP contribution < -0.4 is 10.5 Å². The third kappa shape index (κ3) is 3.79. The van der Waals surface area contributed by atoms with Crippen LogP contribution in [0.5, 0.6) is 5.75 Å². The second-order valence-corrected chi connectivity index (χ2v) is 6.02. The molecule has 2 N–H and O–H groups in total. The molecule has 1 aliphatic heterocycles. The minimum absolute atomic E-state index is 0.260. The molecule has 0 spiro atoms. The van der Waals surface area contributed by atoms with Gasteiger partial charge in [-0.25, -0.2) is 0 Å². The van der Waals surface area contributed by atoms with E-state index in [1.165, 1.54) is 0 Å². The Balaban J connectivity index is 2.00. The molecule has 1 aliphatic rings. The summed E-state index contributed by atoms with van der Waals surface area (Å²) in [7, 11) is 0. The maximum atomic E-state index is 6.10. The van der Waals surface area contributed by atoms with Crippen molar-refractivity contribution in [2.75, 3.05) is 12.5 Å². The highest BCUT2D eigenvalue weighted by molar-refractivity contribution is 7.98. The van der Waals surface area contributed by atoms with E-state index in [0.717, 1.165) is 39.8 Å². The van der Waals surface area contributed by atoms with Gasteiger partial charge in [-0.3, -0.25) is 0 Å². The molecule has 3 nitrogen and oxygen atoms in total. The van der Waals surface area contributed by atoms with Gasteiger partial charge in [-0.2, -0.15) is 11.8 Å². The highest BCUT2D eigenvalue weighted by Gasteiger charge is 2.16. The molecule has 1 unspecified atom stereocenters. The van der Waals surface area contributed by atoms with Crippen molar-refractivity contribution in [3.05, 3.63) is 28.3 Å². The average molecular weight is 288 g/mol. The largest absolute Gasteiger partial charge is 0.467 e. The van der Waals surface area contributed by atoms with Gasteiger partial charge in [0, 0.05) is 27.9 Å². The normalized spacial score (nSPS) is 15.9. The predicted molar refractivity (Wildman–Crippen MR) is 76.2 cm³/mol. The van der Waals surface area contributed by atoms with E-state index >= 15 is 0 Å². The van der Waals surface area contributed by atoms with Gasteiger partial charge >= 0.3 is 0 Å². The summed E-state index contributed by atoms with van der Waals surface area (Å²) in [5.74, 6) is 2.89. The van der Waals surface area contributed by atoms with Crippen LogP contribution in [0.2, 0.25) is 5.02 Å². The first-order valence-electron chi connectivity index (χ1n) is 6.02. The number of halogens is 1. The first-order chi connectivity index (χ1) is 8.66. The Labute approximate surface area is 117 Å². The third-order valence-corrected chi connectivity index (χ3v) is 3.98. The summed E-state index contributed by atoms with van der Waals surface area (Å²) in [6.07, 6.45) is 1.03. The predicted octanol–water partition coefficient (Wildman–Crippen LogP) is 3.18. The van der Waals surface area contributed by atoms with Crippen molar-refractivity contribution in [3.63, 3.8) is 0 Å². The van der Waals surface area contributed by atoms with Crippen LogP contribution in [0.15, 0.2) is 12.1 Å². The van der Waals surface area contributed by atoms with Gasteiger partial charge in [-0.1, -0.05) is 11.6 Å². The molecule has 2 rings (SSSR count). The lowest BCUT2D eigenvalue weighted by Crippen LogP contribution is -2.15. The van der Waals surface area contributed by atoms with Gasteiger partial charge in [0.1, 0.15) is 5.75 Å². The van der Waals surface area contributed by atoms with Gasteiger partial charge < -0.3 is 15.2 Å². The number of ether oxygens (including phenoxy) is 2. The van der Waals surface area contributed by atoms with Gasteiger partial charge in [-0.15, -0.1) is 0 Å². The fourth-order valence-corrected chi connectivity index (χ4v) is 3.20. The molecule has 0 amide bonds. The topological polar surface area (TPSA) is 44.5 Å². The number of fused-ring (bicyclic) bond motifs is 1. The fraction of sp³-hybridized carbons (Fsp3) is 0.538. The second kappa shape index (κ2) is 6.66. The summed E-state index contributed by atoms with van der Waals surface area (Å²) in [5, 5.41) is 0.741. The summed E-state index contributed by atoms with van der Waals surface area (Å²) in [6, 6.07) is 4.15. The van der Waals surface area contributed by atoms with Gasteiger partial charge in [-0.05, 0) is 31.2 Å². The van der Waals surface area contributed by atoms with E-state index in [2.05, 4.69) is 0 Å². The van der Waals surface area contributed by atoms with E-state index in [-0.39, 0.29) is 6.04 Å². The maximum absolute atomic E-state index is 6.10. The Morgan fingerprint density at radius 3 is 3.11 bits per heavy atom. The average Bonchev–Trinajstić information content (AvgIpc) is 2.34. The zero-order valence-corrected chi connectivity index (χ0v) is 12.0. The number of thioether (sulfide) groups is 1. The van der Waals surface area contributed by atoms with Crippen LogP contribution >= 0.6 is 23.4 Å². The van der Waals surface area contributed by atoms with Crippen molar-refractivity contribution in [3.8, 4) is 5.75 Å². The molecule has 0 radical (unpaired) electrons. The van der Waals surface area contributed by atoms with Crippen LogP contribution in [0, 0.1) is 0 Å². The van der Waals surface area contributed by atoms with Gasteiger partial charge in [0.2, 0.25) is 0 Å². The number of nitrogens with two attached hydrogens (primary N) is 1. The Bertz CT molecular complexity index is 412. The molecule has 0 aliphatic carbocycles. The molecule has 1 heterocycles. The molecule has 18 heavy (non-hydrogen) atoms. The molecule has 5 heteroatoms. The molecule has 1 aromatic carbocycles. The summed E-state index contributed by atoms with van der Waals surface area (Å²) in [6.45, 7) is 2.93. The van der Waals surface area contributed by atoms with E-state index in [1.807, 2.05) is 30.8 Å². The third-order valence-electron chi connectivity index (χ3n) is 2.73. The number of hydrogen-bond donors (Lipinski definition) is 1. The Hall–Kier alpha value is -0.420. The van der Waals surface area contributed by atoms with Crippen molar-refractivity contribution in [1.82, 2.24) is 0 Å². The zero-order chi connectivity index (χ0) is 13.0. The van der Waals surface area contributed by atoms with E-state index in [0.29, 0.717) is 13.4 Å². The molecule has 1 atom stereocenters. The highest BCUT2D eigenvalue weighted by atomic mass is 35.5. The van der Waals surface area contributed by atoms with Crippen LogP contribution in [0.1, 0.15) is 24.5 Å². The molecule has 1 aromatic rings. The highest BCUT2D eigenvalue weighted by Crippen LogP contribution is 2.33. The molecule has 0 aromatic heterocycles. The van der Waals surface area contributed by atoms with Crippen LogP contribution in [-0.2, 0) is 17.1 Å². The van der Waals surface area contributed by atoms with Crippen molar-refractivity contribution in [1.29, 1.82) is 0 Å². The molecule has 0 saturated carbocycles. The van der Waals surface area contributed by atoms with Crippen LogP contribution in [0.4, 0.5) is 0 Å². The molecule has 0 bridgehead atoms. The fourth-order valence-electron chi connectivity index (χ4n) is 1.82. The first-order valence-corrected chi connectivity index (χ1v) is 7.55. The standard InChI is InChI=1S/C13H18ClNO2S/c1-9(15)2-3-18-7-11-5-12(14)4-10-6-16-8-17-13(10)11/h4-5,9H,2-3,6-8,15H2,1H3. The second-order valence-electron chi connectivity index (χ2n) is 4.48. The molecule has 0 fully saturated rings. The smallest absolute Gasteiger partial charge is 0.189 e. The lowest BCUT2D eigenvalue weighted by atomic mass is 10.1. The molecule has 0 saturated heterocycles. The Kier molecular flexibility index (Phi) is 5.18. The minimum atomic E-state index is 0.260. The van der Waals surface area contributed by atoms with E-state index in [4.69, 9.17) is 26.8 Å². The maximum Gasteiger partial charge on any atom is 0.189 e. The van der Waals surface area contributed by atoms with Crippen LogP contribution in [-0.4, -0.2) is 18.6 Å². The summed E-state index contributed by atoms with van der Waals surface area (Å²) in [4.78, 5) is 0. The molecule has 100 valence electrons. The summed E-state index contributed by atoms with van der Waals surface area (Å²) < 4.78 is 10.8. The number of benzene rings is 1.